The Hall–Kier alpha value is -1.46. The van der Waals surface area contributed by atoms with Crippen LogP contribution in [0.4, 0.5) is 0 Å². The van der Waals surface area contributed by atoms with E-state index in [0.717, 1.165) is 6.42 Å². The molecule has 1 aromatic rings. The van der Waals surface area contributed by atoms with Crippen LogP contribution in [0.1, 0.15) is 36.5 Å². The largest absolute Gasteiger partial charge is 0.492 e. The number of nitrogens with zero attached hydrogens (tertiary/aromatic N) is 1. The molecule has 0 aliphatic carbocycles. The van der Waals surface area contributed by atoms with Crippen molar-refractivity contribution in [3.63, 3.8) is 0 Å². The Morgan fingerprint density at radius 1 is 1.47 bits per heavy atom. The van der Waals surface area contributed by atoms with Crippen molar-refractivity contribution in [3.05, 3.63) is 24.0 Å². The lowest BCUT2D eigenvalue weighted by molar-refractivity contribution is 0.0447. The van der Waals surface area contributed by atoms with Gasteiger partial charge in [-0.25, -0.2) is 0 Å². The number of carbonyl (C=O) groups is 1. The molecule has 0 amide bonds. The highest BCUT2D eigenvalue weighted by molar-refractivity contribution is 6.03. The molecule has 5 heteroatoms. The molecule has 0 saturated carbocycles. The summed E-state index contributed by atoms with van der Waals surface area (Å²) in [5.74, 6) is 0.536. The summed E-state index contributed by atoms with van der Waals surface area (Å²) < 4.78 is 10.7. The molecule has 0 bridgehead atoms. The number of ether oxygens (including phenoxy) is 2. The van der Waals surface area contributed by atoms with Gasteiger partial charge in [0, 0.05) is 25.0 Å². The number of hydrogen-bond acceptors (Lipinski definition) is 5. The SMILES string of the molecule is CCCOc1cncc(C(=O)C2(N)CCOCC2)c1. The lowest BCUT2D eigenvalue weighted by Crippen LogP contribution is -2.51. The molecule has 1 aliphatic rings. The molecule has 0 spiro atoms. The fourth-order valence-electron chi connectivity index (χ4n) is 2.09. The van der Waals surface area contributed by atoms with Gasteiger partial charge >= 0.3 is 0 Å². The molecule has 5 nitrogen and oxygen atoms in total. The molecule has 1 aromatic heterocycles. The Kier molecular flexibility index (Phi) is 4.50. The van der Waals surface area contributed by atoms with E-state index in [1.807, 2.05) is 6.92 Å². The Morgan fingerprint density at radius 3 is 2.89 bits per heavy atom. The van der Waals surface area contributed by atoms with Crippen LogP contribution in [0.3, 0.4) is 0 Å². The fraction of sp³-hybridized carbons (Fsp3) is 0.571. The van der Waals surface area contributed by atoms with Gasteiger partial charge in [0.15, 0.2) is 5.78 Å². The zero-order valence-corrected chi connectivity index (χ0v) is 11.2. The highest BCUT2D eigenvalue weighted by Gasteiger charge is 2.36. The normalized spacial score (nSPS) is 18.0. The van der Waals surface area contributed by atoms with Gasteiger partial charge in [-0.3, -0.25) is 9.78 Å². The first-order valence-electron chi connectivity index (χ1n) is 6.65. The van der Waals surface area contributed by atoms with Crippen LogP contribution >= 0.6 is 0 Å². The third-order valence-corrected chi connectivity index (χ3v) is 3.29. The van der Waals surface area contributed by atoms with Crippen molar-refractivity contribution >= 4 is 5.78 Å². The number of carbonyl (C=O) groups excluding carboxylic acids is 1. The van der Waals surface area contributed by atoms with Gasteiger partial charge in [-0.1, -0.05) is 6.92 Å². The molecule has 104 valence electrons. The average molecular weight is 264 g/mol. The van der Waals surface area contributed by atoms with Crippen molar-refractivity contribution in [3.8, 4) is 5.75 Å². The molecule has 0 unspecified atom stereocenters. The van der Waals surface area contributed by atoms with Crippen LogP contribution in [0.5, 0.6) is 5.75 Å². The van der Waals surface area contributed by atoms with Crippen molar-refractivity contribution in [2.75, 3.05) is 19.8 Å². The lowest BCUT2D eigenvalue weighted by Gasteiger charge is -2.31. The summed E-state index contributed by atoms with van der Waals surface area (Å²) in [5, 5.41) is 0. The predicted octanol–water partition coefficient (Wildman–Crippen LogP) is 1.56. The molecular weight excluding hydrogens is 244 g/mol. The third-order valence-electron chi connectivity index (χ3n) is 3.29. The van der Waals surface area contributed by atoms with Crippen LogP contribution in [0.25, 0.3) is 0 Å². The highest BCUT2D eigenvalue weighted by atomic mass is 16.5. The molecule has 2 heterocycles. The van der Waals surface area contributed by atoms with Crippen LogP contribution < -0.4 is 10.5 Å². The van der Waals surface area contributed by atoms with Gasteiger partial charge in [-0.2, -0.15) is 0 Å². The molecule has 0 radical (unpaired) electrons. The van der Waals surface area contributed by atoms with E-state index in [0.29, 0.717) is 44.0 Å². The van der Waals surface area contributed by atoms with Crippen molar-refractivity contribution in [2.45, 2.75) is 31.7 Å². The molecule has 1 aliphatic heterocycles. The van der Waals surface area contributed by atoms with Crippen molar-refractivity contribution < 1.29 is 14.3 Å². The smallest absolute Gasteiger partial charge is 0.184 e. The van der Waals surface area contributed by atoms with Gasteiger partial charge in [0.1, 0.15) is 5.75 Å². The van der Waals surface area contributed by atoms with Crippen LogP contribution in [-0.2, 0) is 4.74 Å². The molecule has 2 N–H and O–H groups in total. The summed E-state index contributed by atoms with van der Waals surface area (Å²) in [6.07, 6.45) is 5.17. The minimum absolute atomic E-state index is 0.0785. The average Bonchev–Trinajstić information content (AvgIpc) is 2.45. The van der Waals surface area contributed by atoms with Gasteiger partial charge < -0.3 is 15.2 Å². The number of pyridine rings is 1. The third kappa shape index (κ3) is 3.30. The van der Waals surface area contributed by atoms with Gasteiger partial charge in [0.25, 0.3) is 0 Å². The topological polar surface area (TPSA) is 74.4 Å². The van der Waals surface area contributed by atoms with E-state index in [1.54, 1.807) is 18.5 Å². The molecule has 1 fully saturated rings. The summed E-state index contributed by atoms with van der Waals surface area (Å²) in [7, 11) is 0. The maximum absolute atomic E-state index is 12.5. The van der Waals surface area contributed by atoms with Crippen molar-refractivity contribution in [1.29, 1.82) is 0 Å². The second-order valence-electron chi connectivity index (χ2n) is 4.86. The van der Waals surface area contributed by atoms with E-state index >= 15 is 0 Å². The van der Waals surface area contributed by atoms with Gasteiger partial charge in [-0.05, 0) is 25.3 Å². The first-order valence-corrected chi connectivity index (χ1v) is 6.65. The monoisotopic (exact) mass is 264 g/mol. The summed E-state index contributed by atoms with van der Waals surface area (Å²) in [4.78, 5) is 16.5. The minimum atomic E-state index is -0.830. The summed E-state index contributed by atoms with van der Waals surface area (Å²) in [6, 6.07) is 1.72. The van der Waals surface area contributed by atoms with Crippen molar-refractivity contribution in [1.82, 2.24) is 4.98 Å². The van der Waals surface area contributed by atoms with Gasteiger partial charge in [-0.15, -0.1) is 0 Å². The number of hydrogen-bond donors (Lipinski definition) is 1. The molecule has 19 heavy (non-hydrogen) atoms. The van der Waals surface area contributed by atoms with E-state index in [2.05, 4.69) is 4.98 Å². The zero-order chi connectivity index (χ0) is 13.7. The number of rotatable bonds is 5. The Morgan fingerprint density at radius 2 is 2.21 bits per heavy atom. The first kappa shape index (κ1) is 14.0. The van der Waals surface area contributed by atoms with Gasteiger partial charge in [0.2, 0.25) is 0 Å². The van der Waals surface area contributed by atoms with Crippen LogP contribution in [0, 0.1) is 0 Å². The molecular formula is C14H20N2O3. The van der Waals surface area contributed by atoms with E-state index in [9.17, 15) is 4.79 Å². The minimum Gasteiger partial charge on any atom is -0.492 e. The quantitative estimate of drug-likeness (QED) is 0.817. The molecule has 1 saturated heterocycles. The maximum atomic E-state index is 12.5. The number of Topliss-reactive ketones (excluding diaryl/α,β-unsaturated/α-hetero) is 1. The number of ketones is 1. The second-order valence-corrected chi connectivity index (χ2v) is 4.86. The van der Waals surface area contributed by atoms with E-state index in [-0.39, 0.29) is 5.78 Å². The Labute approximate surface area is 113 Å². The second kappa shape index (κ2) is 6.12. The fourth-order valence-corrected chi connectivity index (χ4v) is 2.09. The van der Waals surface area contributed by atoms with E-state index in [4.69, 9.17) is 15.2 Å². The predicted molar refractivity (Wildman–Crippen MR) is 71.3 cm³/mol. The first-order chi connectivity index (χ1) is 9.15. The Balaban J connectivity index is 2.14. The van der Waals surface area contributed by atoms with Crippen molar-refractivity contribution in [2.24, 2.45) is 5.73 Å². The summed E-state index contributed by atoms with van der Waals surface area (Å²) in [5.41, 5.74) is 5.87. The molecule has 2 rings (SSSR count). The summed E-state index contributed by atoms with van der Waals surface area (Å²) in [6.45, 7) is 3.70. The number of aromatic nitrogens is 1. The maximum Gasteiger partial charge on any atom is 0.184 e. The van der Waals surface area contributed by atoms with Crippen LogP contribution in [0.2, 0.25) is 0 Å². The zero-order valence-electron chi connectivity index (χ0n) is 11.2. The number of nitrogens with two attached hydrogens (primary N) is 1. The van der Waals surface area contributed by atoms with Gasteiger partial charge in [0.05, 0.1) is 18.3 Å². The lowest BCUT2D eigenvalue weighted by atomic mass is 9.84. The van der Waals surface area contributed by atoms with Crippen LogP contribution in [0.15, 0.2) is 18.5 Å². The Bertz CT molecular complexity index is 442. The van der Waals surface area contributed by atoms with E-state index in [1.165, 1.54) is 0 Å². The summed E-state index contributed by atoms with van der Waals surface area (Å²) >= 11 is 0. The van der Waals surface area contributed by atoms with E-state index < -0.39 is 5.54 Å². The van der Waals surface area contributed by atoms with Crippen LogP contribution in [-0.4, -0.2) is 36.1 Å². The molecule has 0 atom stereocenters. The highest BCUT2D eigenvalue weighted by Crippen LogP contribution is 2.24. The molecule has 0 aromatic carbocycles. The standard InChI is InChI=1S/C14H20N2O3/c1-2-5-19-12-8-11(9-16-10-12)13(17)14(15)3-6-18-7-4-14/h8-10H,2-7,15H2,1H3.